The first-order chi connectivity index (χ1) is 12.6. The van der Waals surface area contributed by atoms with E-state index in [0.29, 0.717) is 25.2 Å². The van der Waals surface area contributed by atoms with E-state index in [2.05, 4.69) is 25.9 Å². The van der Waals surface area contributed by atoms with Crippen LogP contribution in [0.3, 0.4) is 0 Å². The lowest BCUT2D eigenvalue weighted by atomic mass is 10.2. The number of phenolic OH excluding ortho intramolecular Hbond substituents is 1. The number of hydrogen-bond donors (Lipinski definition) is 4. The number of phenols is 1. The number of nitrogens with zero attached hydrogens (tertiary/aromatic N) is 2. The fraction of sp³-hybridized carbons (Fsp3) is 0.389. The van der Waals surface area contributed by atoms with Crippen molar-refractivity contribution in [3.8, 4) is 5.75 Å². The number of aromatic nitrogens is 1. The Morgan fingerprint density at radius 1 is 1.19 bits per heavy atom. The summed E-state index contributed by atoms with van der Waals surface area (Å²) in [5.74, 6) is 0.690. The molecule has 0 aliphatic heterocycles. The van der Waals surface area contributed by atoms with E-state index in [4.69, 9.17) is 0 Å². The summed E-state index contributed by atoms with van der Waals surface area (Å²) in [6.45, 7) is 6.50. The van der Waals surface area contributed by atoms with Crippen LogP contribution in [0.15, 0.2) is 35.5 Å². The maximum Gasteiger partial charge on any atom is 0.251 e. The SMILES string of the molecule is CCNC(=NCCc1ncc(C)s1)NCCNC(=O)c1ccc(O)cc1.I. The van der Waals surface area contributed by atoms with Crippen LogP contribution in [-0.4, -0.2) is 48.1 Å². The average Bonchev–Trinajstić information content (AvgIpc) is 3.04. The van der Waals surface area contributed by atoms with Crippen molar-refractivity contribution in [3.05, 3.63) is 45.9 Å². The van der Waals surface area contributed by atoms with Gasteiger partial charge in [-0.2, -0.15) is 0 Å². The van der Waals surface area contributed by atoms with Gasteiger partial charge in [-0.1, -0.05) is 0 Å². The zero-order valence-corrected chi connectivity index (χ0v) is 18.6. The average molecular weight is 503 g/mol. The predicted octanol–water partition coefficient (Wildman–Crippen LogP) is 2.30. The third-order valence-corrected chi connectivity index (χ3v) is 4.41. The molecule has 0 saturated heterocycles. The smallest absolute Gasteiger partial charge is 0.251 e. The first-order valence-electron chi connectivity index (χ1n) is 8.59. The number of rotatable bonds is 8. The molecule has 1 aromatic heterocycles. The van der Waals surface area contributed by atoms with E-state index in [-0.39, 0.29) is 35.6 Å². The summed E-state index contributed by atoms with van der Waals surface area (Å²) in [6.07, 6.45) is 2.69. The highest BCUT2D eigenvalue weighted by molar-refractivity contribution is 14.0. The highest BCUT2D eigenvalue weighted by Crippen LogP contribution is 2.11. The molecule has 2 aromatic rings. The molecule has 1 aromatic carbocycles. The zero-order chi connectivity index (χ0) is 18.8. The van der Waals surface area contributed by atoms with Gasteiger partial charge < -0.3 is 21.1 Å². The molecule has 148 valence electrons. The number of aromatic hydroxyl groups is 1. The second-order valence-electron chi connectivity index (χ2n) is 5.60. The summed E-state index contributed by atoms with van der Waals surface area (Å²) in [5, 5.41) is 19.5. The van der Waals surface area contributed by atoms with Crippen LogP contribution in [0.2, 0.25) is 0 Å². The van der Waals surface area contributed by atoms with Crippen molar-refractivity contribution < 1.29 is 9.90 Å². The van der Waals surface area contributed by atoms with Crippen molar-refractivity contribution in [2.75, 3.05) is 26.2 Å². The number of amides is 1. The number of aryl methyl sites for hydroxylation is 1. The Morgan fingerprint density at radius 2 is 1.89 bits per heavy atom. The molecule has 0 aliphatic rings. The monoisotopic (exact) mass is 503 g/mol. The maximum atomic E-state index is 12.0. The van der Waals surface area contributed by atoms with E-state index in [1.165, 1.54) is 17.0 Å². The lowest BCUT2D eigenvalue weighted by Crippen LogP contribution is -2.41. The van der Waals surface area contributed by atoms with Gasteiger partial charge in [-0.25, -0.2) is 4.98 Å². The molecular formula is C18H26IN5O2S. The van der Waals surface area contributed by atoms with Crippen LogP contribution in [0.4, 0.5) is 0 Å². The van der Waals surface area contributed by atoms with Crippen molar-refractivity contribution in [2.45, 2.75) is 20.3 Å². The third-order valence-electron chi connectivity index (χ3n) is 3.44. The molecule has 0 radical (unpaired) electrons. The number of benzene rings is 1. The minimum atomic E-state index is -0.173. The van der Waals surface area contributed by atoms with Crippen LogP contribution < -0.4 is 16.0 Å². The summed E-state index contributed by atoms with van der Waals surface area (Å²) >= 11 is 1.69. The molecule has 2 rings (SSSR count). The Labute approximate surface area is 180 Å². The quantitative estimate of drug-likeness (QED) is 0.192. The molecule has 4 N–H and O–H groups in total. The molecular weight excluding hydrogens is 477 g/mol. The Morgan fingerprint density at radius 3 is 2.52 bits per heavy atom. The summed E-state index contributed by atoms with van der Waals surface area (Å²) in [6, 6.07) is 6.16. The van der Waals surface area contributed by atoms with Crippen molar-refractivity contribution in [1.29, 1.82) is 0 Å². The molecule has 9 heteroatoms. The second-order valence-corrected chi connectivity index (χ2v) is 6.92. The molecule has 1 amide bonds. The topological polar surface area (TPSA) is 98.6 Å². The zero-order valence-electron chi connectivity index (χ0n) is 15.5. The Kier molecular flexibility index (Phi) is 10.7. The van der Waals surface area contributed by atoms with E-state index >= 15 is 0 Å². The van der Waals surface area contributed by atoms with Crippen LogP contribution in [0.25, 0.3) is 0 Å². The van der Waals surface area contributed by atoms with Crippen LogP contribution in [0.5, 0.6) is 5.75 Å². The highest BCUT2D eigenvalue weighted by atomic mass is 127. The number of carbonyl (C=O) groups excluding carboxylic acids is 1. The number of carbonyl (C=O) groups is 1. The van der Waals surface area contributed by atoms with Crippen LogP contribution >= 0.6 is 35.3 Å². The first kappa shape index (κ1) is 23.2. The van der Waals surface area contributed by atoms with Gasteiger partial charge >= 0.3 is 0 Å². The molecule has 7 nitrogen and oxygen atoms in total. The molecule has 0 fully saturated rings. The number of hydrogen-bond acceptors (Lipinski definition) is 5. The molecule has 0 unspecified atom stereocenters. The van der Waals surface area contributed by atoms with Crippen LogP contribution in [0.1, 0.15) is 27.2 Å². The lowest BCUT2D eigenvalue weighted by molar-refractivity contribution is 0.0954. The minimum Gasteiger partial charge on any atom is -0.508 e. The van der Waals surface area contributed by atoms with Gasteiger partial charge in [0, 0.05) is 49.2 Å². The number of thiazole rings is 1. The lowest BCUT2D eigenvalue weighted by Gasteiger charge is -2.11. The van der Waals surface area contributed by atoms with Crippen LogP contribution in [-0.2, 0) is 6.42 Å². The molecule has 0 bridgehead atoms. The molecule has 0 aliphatic carbocycles. The van der Waals surface area contributed by atoms with Crippen molar-refractivity contribution in [1.82, 2.24) is 20.9 Å². The fourth-order valence-corrected chi connectivity index (χ4v) is 2.97. The van der Waals surface area contributed by atoms with E-state index in [1.54, 1.807) is 23.5 Å². The Bertz CT molecular complexity index is 734. The summed E-state index contributed by atoms with van der Waals surface area (Å²) in [7, 11) is 0. The first-order valence-corrected chi connectivity index (χ1v) is 9.41. The fourth-order valence-electron chi connectivity index (χ4n) is 2.19. The highest BCUT2D eigenvalue weighted by Gasteiger charge is 2.05. The number of halogens is 1. The third kappa shape index (κ3) is 8.57. The van der Waals surface area contributed by atoms with Gasteiger partial charge in [0.25, 0.3) is 5.91 Å². The van der Waals surface area contributed by atoms with Gasteiger partial charge in [0.1, 0.15) is 5.75 Å². The summed E-state index contributed by atoms with van der Waals surface area (Å²) in [4.78, 5) is 22.0. The Balaban J connectivity index is 0.00000364. The Hall–Kier alpha value is -1.88. The molecule has 0 atom stereocenters. The van der Waals surface area contributed by atoms with Crippen molar-refractivity contribution in [3.63, 3.8) is 0 Å². The molecule has 1 heterocycles. The van der Waals surface area contributed by atoms with Gasteiger partial charge in [-0.05, 0) is 38.1 Å². The second kappa shape index (κ2) is 12.5. The number of guanidine groups is 1. The van der Waals surface area contributed by atoms with E-state index < -0.39 is 0 Å². The summed E-state index contributed by atoms with van der Waals surface area (Å²) < 4.78 is 0. The van der Waals surface area contributed by atoms with Gasteiger partial charge in [0.05, 0.1) is 5.01 Å². The molecule has 0 spiro atoms. The van der Waals surface area contributed by atoms with Gasteiger partial charge in [0.15, 0.2) is 5.96 Å². The largest absolute Gasteiger partial charge is 0.508 e. The van der Waals surface area contributed by atoms with Crippen LogP contribution in [0, 0.1) is 6.92 Å². The minimum absolute atomic E-state index is 0. The molecule has 0 saturated carbocycles. The summed E-state index contributed by atoms with van der Waals surface area (Å²) in [5.41, 5.74) is 0.516. The predicted molar refractivity (Wildman–Crippen MR) is 120 cm³/mol. The normalized spacial score (nSPS) is 10.8. The maximum absolute atomic E-state index is 12.0. The van der Waals surface area contributed by atoms with Crippen molar-refractivity contribution >= 4 is 47.2 Å². The standard InChI is InChI=1S/C18H25N5O2S.HI/c1-3-19-18(21-9-8-16-23-12-13(2)26-16)22-11-10-20-17(25)14-4-6-15(24)7-5-14;/h4-7,12,24H,3,8-11H2,1-2H3,(H,20,25)(H2,19,21,22);1H. The van der Waals surface area contributed by atoms with E-state index in [1.807, 2.05) is 20.0 Å². The van der Waals surface area contributed by atoms with E-state index in [9.17, 15) is 9.90 Å². The van der Waals surface area contributed by atoms with Gasteiger partial charge in [0.2, 0.25) is 0 Å². The van der Waals surface area contributed by atoms with Gasteiger partial charge in [-0.15, -0.1) is 35.3 Å². The number of aliphatic imine (C=N–C) groups is 1. The van der Waals surface area contributed by atoms with E-state index in [0.717, 1.165) is 23.9 Å². The molecule has 27 heavy (non-hydrogen) atoms. The van der Waals surface area contributed by atoms with Crippen molar-refractivity contribution in [2.24, 2.45) is 4.99 Å². The number of nitrogens with one attached hydrogen (secondary N) is 3. The van der Waals surface area contributed by atoms with Gasteiger partial charge in [-0.3, -0.25) is 9.79 Å².